The maximum atomic E-state index is 13.8. The summed E-state index contributed by atoms with van der Waals surface area (Å²) in [5, 5.41) is 44.9. The van der Waals surface area contributed by atoms with Crippen molar-refractivity contribution >= 4 is 17.5 Å². The maximum Gasteiger partial charge on any atom is 0.255 e. The quantitative estimate of drug-likeness (QED) is 0.314. The number of aromatic hydroxyl groups is 1. The fourth-order valence-corrected chi connectivity index (χ4v) is 6.73. The van der Waals surface area contributed by atoms with Crippen LogP contribution in [-0.2, 0) is 27.3 Å². The number of benzene rings is 1. The monoisotopic (exact) mass is 543 g/mol. The molecule has 12 heteroatoms. The minimum atomic E-state index is -2.67. The van der Waals surface area contributed by atoms with Crippen LogP contribution in [0, 0.1) is 11.8 Å². The summed E-state index contributed by atoms with van der Waals surface area (Å²) in [6, 6.07) is 0.418. The average molecular weight is 544 g/mol. The first-order valence-electron chi connectivity index (χ1n) is 12.8. The Morgan fingerprint density at radius 2 is 1.90 bits per heavy atom. The third-order valence-corrected chi connectivity index (χ3v) is 8.45. The molecule has 4 aliphatic rings. The number of aliphatic hydroxyl groups excluding tert-OH is 2. The van der Waals surface area contributed by atoms with Crippen LogP contribution < -0.4 is 10.5 Å². The number of ketones is 2. The zero-order valence-corrected chi connectivity index (χ0v) is 22.1. The van der Waals surface area contributed by atoms with E-state index < -0.39 is 58.0 Å². The van der Waals surface area contributed by atoms with E-state index in [1.807, 2.05) is 0 Å². The summed E-state index contributed by atoms with van der Waals surface area (Å²) in [5.74, 6) is -6.36. The lowest BCUT2D eigenvalue weighted by Crippen LogP contribution is -2.63. The first-order chi connectivity index (χ1) is 18.4. The van der Waals surface area contributed by atoms with Gasteiger partial charge < -0.3 is 35.6 Å². The predicted octanol–water partition coefficient (Wildman–Crippen LogP) is -0.0386. The summed E-state index contributed by atoms with van der Waals surface area (Å²) >= 11 is 0. The van der Waals surface area contributed by atoms with E-state index in [0.717, 1.165) is 0 Å². The Morgan fingerprint density at radius 1 is 1.23 bits per heavy atom. The maximum absolute atomic E-state index is 13.8. The third kappa shape index (κ3) is 3.93. The number of amides is 1. The molecule has 1 saturated heterocycles. The number of hydrogen-bond donors (Lipinski definition) is 5. The molecular weight excluding hydrogens is 510 g/mol. The van der Waals surface area contributed by atoms with Crippen molar-refractivity contribution in [1.82, 2.24) is 9.80 Å². The van der Waals surface area contributed by atoms with E-state index in [1.54, 1.807) is 14.1 Å². The van der Waals surface area contributed by atoms with Gasteiger partial charge in [-0.1, -0.05) is 0 Å². The van der Waals surface area contributed by atoms with E-state index in [9.17, 15) is 34.8 Å². The van der Waals surface area contributed by atoms with E-state index in [4.69, 9.17) is 15.2 Å². The van der Waals surface area contributed by atoms with Gasteiger partial charge in [0.05, 0.1) is 31.9 Å². The lowest BCUT2D eigenvalue weighted by molar-refractivity contribution is -0.148. The van der Waals surface area contributed by atoms with Crippen molar-refractivity contribution in [2.45, 2.75) is 31.0 Å². The molecule has 0 radical (unpaired) electrons. The molecular formula is C27H33N3O9. The summed E-state index contributed by atoms with van der Waals surface area (Å²) in [4.78, 5) is 43.0. The lowest BCUT2D eigenvalue weighted by Gasteiger charge is -2.50. The zero-order valence-electron chi connectivity index (χ0n) is 22.1. The molecule has 1 aromatic carbocycles. The van der Waals surface area contributed by atoms with Gasteiger partial charge in [-0.05, 0) is 38.9 Å². The zero-order chi connectivity index (χ0) is 28.4. The fourth-order valence-electron chi connectivity index (χ4n) is 6.73. The second-order valence-electron chi connectivity index (χ2n) is 10.8. The highest BCUT2D eigenvalue weighted by Gasteiger charge is 2.63. The Kier molecular flexibility index (Phi) is 6.70. The Bertz CT molecular complexity index is 1330. The molecule has 0 bridgehead atoms. The number of primary amides is 1. The van der Waals surface area contributed by atoms with Crippen molar-refractivity contribution < 1.29 is 44.3 Å². The molecule has 6 N–H and O–H groups in total. The molecule has 4 atom stereocenters. The number of hydrogen-bond acceptors (Lipinski definition) is 11. The normalized spacial score (nSPS) is 29.3. The lowest BCUT2D eigenvalue weighted by atomic mass is 9.58. The second-order valence-corrected chi connectivity index (χ2v) is 10.8. The highest BCUT2D eigenvalue weighted by molar-refractivity contribution is 6.24. The number of methoxy groups -OCH3 is 1. The number of phenols is 1. The Hall–Kier alpha value is -3.45. The topological polar surface area (TPSA) is 183 Å². The number of fused-ring (bicyclic) bond motifs is 3. The van der Waals surface area contributed by atoms with Crippen LogP contribution in [0.3, 0.4) is 0 Å². The van der Waals surface area contributed by atoms with Crippen molar-refractivity contribution in [3.8, 4) is 11.5 Å². The first kappa shape index (κ1) is 27.1. The Balaban J connectivity index is 1.64. The van der Waals surface area contributed by atoms with Gasteiger partial charge in [0.25, 0.3) is 5.91 Å². The number of aliphatic hydroxyl groups is 3. The van der Waals surface area contributed by atoms with Crippen LogP contribution in [0.5, 0.6) is 11.5 Å². The highest BCUT2D eigenvalue weighted by atomic mass is 16.5. The number of carbonyl (C=O) groups is 3. The van der Waals surface area contributed by atoms with E-state index in [1.165, 1.54) is 18.1 Å². The predicted molar refractivity (Wildman–Crippen MR) is 136 cm³/mol. The van der Waals surface area contributed by atoms with Crippen molar-refractivity contribution in [3.63, 3.8) is 0 Å². The second kappa shape index (κ2) is 9.63. The number of nitrogens with zero attached hydrogens (tertiary/aromatic N) is 2. The molecule has 1 fully saturated rings. The molecule has 39 heavy (non-hydrogen) atoms. The number of allylic oxidation sites excluding steroid dienone is 1. The summed E-state index contributed by atoms with van der Waals surface area (Å²) in [5.41, 5.74) is 2.76. The molecule has 0 spiro atoms. The van der Waals surface area contributed by atoms with Gasteiger partial charge >= 0.3 is 0 Å². The summed E-state index contributed by atoms with van der Waals surface area (Å²) < 4.78 is 11.2. The molecule has 1 aliphatic heterocycles. The number of nitrogens with two attached hydrogens (primary N) is 1. The number of ether oxygens (including phenoxy) is 2. The van der Waals surface area contributed by atoms with E-state index >= 15 is 0 Å². The number of Topliss-reactive ketones (excluding diaryl/α,β-unsaturated/α-hetero) is 2. The van der Waals surface area contributed by atoms with Gasteiger partial charge in [0.15, 0.2) is 11.4 Å². The SMILES string of the molecule is COc1c(CN2CCOCC2)cc(O)c2c1C[C@H]1C[C@H]3[C@H](N(C)C)C(O)=C(C(N)=O)C(=O)[C@@]3(O)C(O)=C1C2=O. The fraction of sp³-hybridized carbons (Fsp3) is 0.519. The van der Waals surface area contributed by atoms with Crippen molar-refractivity contribution in [3.05, 3.63) is 45.4 Å². The number of morpholine rings is 1. The average Bonchev–Trinajstić information content (AvgIpc) is 2.86. The molecule has 5 rings (SSSR count). The summed E-state index contributed by atoms with van der Waals surface area (Å²) in [6.45, 7) is 3.04. The standard InChI is InChI=1S/C27H33N3O9/c1-29(2)20-15-9-12-8-14-18(16(31)10-13(23(14)38-3)11-30-4-6-39-7-5-30)21(32)17(12)24(34)27(15,37)25(35)19(22(20)33)26(28)36/h10,12,15,20,31,33-34,37H,4-9,11H2,1-3H3,(H2,28,36)/t12-,15-,20-,27-/m0/s1. The van der Waals surface area contributed by atoms with Crippen LogP contribution in [-0.4, -0.2) is 107 Å². The van der Waals surface area contributed by atoms with Crippen LogP contribution in [0.2, 0.25) is 0 Å². The number of rotatable bonds is 5. The molecule has 0 unspecified atom stereocenters. The highest BCUT2D eigenvalue weighted by Crippen LogP contribution is 2.53. The molecule has 1 amide bonds. The Morgan fingerprint density at radius 3 is 2.49 bits per heavy atom. The van der Waals surface area contributed by atoms with Crippen molar-refractivity contribution in [2.75, 3.05) is 47.5 Å². The number of phenolic OH excluding ortho intramolecular Hbond substituents is 1. The van der Waals surface area contributed by atoms with Gasteiger partial charge in [-0.25, -0.2) is 0 Å². The minimum absolute atomic E-state index is 0.0172. The van der Waals surface area contributed by atoms with Crippen LogP contribution in [0.25, 0.3) is 0 Å². The van der Waals surface area contributed by atoms with E-state index in [2.05, 4.69) is 4.90 Å². The largest absolute Gasteiger partial charge is 0.510 e. The van der Waals surface area contributed by atoms with Gasteiger partial charge in [-0.3, -0.25) is 24.2 Å². The smallest absolute Gasteiger partial charge is 0.255 e. The van der Waals surface area contributed by atoms with Crippen LogP contribution in [0.1, 0.15) is 27.9 Å². The minimum Gasteiger partial charge on any atom is -0.510 e. The van der Waals surface area contributed by atoms with Crippen LogP contribution >= 0.6 is 0 Å². The number of likely N-dealkylation sites (N-methyl/N-ethyl adjacent to an activating group) is 1. The Labute approximate surface area is 224 Å². The van der Waals surface area contributed by atoms with Crippen molar-refractivity contribution in [1.29, 1.82) is 0 Å². The summed E-state index contributed by atoms with van der Waals surface area (Å²) in [7, 11) is 4.66. The molecule has 12 nitrogen and oxygen atoms in total. The van der Waals surface area contributed by atoms with Gasteiger partial charge in [0.1, 0.15) is 28.6 Å². The van der Waals surface area contributed by atoms with Crippen LogP contribution in [0.4, 0.5) is 0 Å². The molecule has 210 valence electrons. The molecule has 0 aromatic heterocycles. The molecule has 3 aliphatic carbocycles. The van der Waals surface area contributed by atoms with Crippen LogP contribution in [0.15, 0.2) is 28.7 Å². The van der Waals surface area contributed by atoms with E-state index in [-0.39, 0.29) is 29.7 Å². The molecule has 0 saturated carbocycles. The molecule has 1 heterocycles. The van der Waals surface area contributed by atoms with Gasteiger partial charge in [0.2, 0.25) is 5.78 Å². The van der Waals surface area contributed by atoms with E-state index in [0.29, 0.717) is 49.7 Å². The van der Waals surface area contributed by atoms with Crippen molar-refractivity contribution in [2.24, 2.45) is 17.6 Å². The number of carbonyl (C=O) groups excluding carboxylic acids is 3. The molecule has 1 aromatic rings. The third-order valence-electron chi connectivity index (χ3n) is 8.45. The summed E-state index contributed by atoms with van der Waals surface area (Å²) in [6.07, 6.45) is 0.186. The van der Waals surface area contributed by atoms with Gasteiger partial charge in [-0.2, -0.15) is 0 Å². The van der Waals surface area contributed by atoms with Gasteiger partial charge in [0, 0.05) is 42.3 Å². The van der Waals surface area contributed by atoms with Gasteiger partial charge in [-0.15, -0.1) is 0 Å². The first-order valence-corrected chi connectivity index (χ1v) is 12.8.